The molecule has 0 bridgehead atoms. The maximum absolute atomic E-state index is 12.0. The van der Waals surface area contributed by atoms with Crippen molar-refractivity contribution < 1.29 is 19.0 Å². The molecule has 0 spiro atoms. The molecule has 0 aliphatic rings. The van der Waals surface area contributed by atoms with E-state index in [0.29, 0.717) is 43.4 Å². The number of nitrogen functional groups attached to an aromatic ring is 1. The molecule has 0 unspecified atom stereocenters. The Morgan fingerprint density at radius 3 is 2.71 bits per heavy atom. The summed E-state index contributed by atoms with van der Waals surface area (Å²) in [7, 11) is 3.19. The summed E-state index contributed by atoms with van der Waals surface area (Å²) < 4.78 is 15.3. The zero-order valence-electron chi connectivity index (χ0n) is 12.7. The van der Waals surface area contributed by atoms with Gasteiger partial charge < -0.3 is 25.3 Å². The van der Waals surface area contributed by atoms with E-state index in [2.05, 4.69) is 5.32 Å². The second kappa shape index (κ2) is 10.0. The van der Waals surface area contributed by atoms with Gasteiger partial charge in [0.15, 0.2) is 0 Å². The van der Waals surface area contributed by atoms with Crippen molar-refractivity contribution >= 4 is 11.6 Å². The standard InChI is InChI=1S/C15H24N2O4/c1-19-9-10-21-8-4-3-7-17-15(18)13-11-12(20-2)5-6-14(13)16/h5-6,11H,3-4,7-10,16H2,1-2H3,(H,17,18). The first kappa shape index (κ1) is 17.3. The van der Waals surface area contributed by atoms with Crippen LogP contribution in [0.15, 0.2) is 18.2 Å². The maximum Gasteiger partial charge on any atom is 0.253 e. The number of amides is 1. The van der Waals surface area contributed by atoms with Crippen molar-refractivity contribution in [2.24, 2.45) is 0 Å². The average molecular weight is 296 g/mol. The third-order valence-electron chi connectivity index (χ3n) is 2.94. The van der Waals surface area contributed by atoms with E-state index < -0.39 is 0 Å². The van der Waals surface area contributed by atoms with E-state index in [0.717, 1.165) is 12.8 Å². The molecule has 1 amide bonds. The molecule has 0 aromatic heterocycles. The molecule has 1 aromatic carbocycles. The molecule has 0 aliphatic carbocycles. The summed E-state index contributed by atoms with van der Waals surface area (Å²) in [5.41, 5.74) is 6.67. The average Bonchev–Trinajstić information content (AvgIpc) is 2.50. The van der Waals surface area contributed by atoms with E-state index in [-0.39, 0.29) is 5.91 Å². The predicted molar refractivity (Wildman–Crippen MR) is 81.7 cm³/mol. The lowest BCUT2D eigenvalue weighted by Gasteiger charge is -2.09. The monoisotopic (exact) mass is 296 g/mol. The molecule has 118 valence electrons. The summed E-state index contributed by atoms with van der Waals surface area (Å²) in [4.78, 5) is 12.0. The molecular weight excluding hydrogens is 272 g/mol. The Morgan fingerprint density at radius 2 is 2.00 bits per heavy atom. The number of nitrogens with one attached hydrogen (secondary N) is 1. The van der Waals surface area contributed by atoms with E-state index >= 15 is 0 Å². The van der Waals surface area contributed by atoms with Gasteiger partial charge in [0.1, 0.15) is 5.75 Å². The molecule has 0 radical (unpaired) electrons. The van der Waals surface area contributed by atoms with Crippen LogP contribution >= 0.6 is 0 Å². The molecule has 6 heteroatoms. The lowest BCUT2D eigenvalue weighted by molar-refractivity contribution is 0.0686. The van der Waals surface area contributed by atoms with E-state index in [9.17, 15) is 4.79 Å². The minimum atomic E-state index is -0.188. The van der Waals surface area contributed by atoms with Gasteiger partial charge in [0.25, 0.3) is 5.91 Å². The van der Waals surface area contributed by atoms with Gasteiger partial charge in [-0.2, -0.15) is 0 Å². The topological polar surface area (TPSA) is 82.8 Å². The minimum Gasteiger partial charge on any atom is -0.497 e. The van der Waals surface area contributed by atoms with Crippen LogP contribution in [0.3, 0.4) is 0 Å². The van der Waals surface area contributed by atoms with E-state index in [1.54, 1.807) is 32.4 Å². The fraction of sp³-hybridized carbons (Fsp3) is 0.533. The summed E-state index contributed by atoms with van der Waals surface area (Å²) in [6.45, 7) is 2.46. The Labute approximate surface area is 125 Å². The van der Waals surface area contributed by atoms with Gasteiger partial charge in [0.05, 0.1) is 25.9 Å². The fourth-order valence-corrected chi connectivity index (χ4v) is 1.73. The Kier molecular flexibility index (Phi) is 8.23. The van der Waals surface area contributed by atoms with Gasteiger partial charge in [-0.05, 0) is 31.0 Å². The highest BCUT2D eigenvalue weighted by atomic mass is 16.5. The number of carbonyl (C=O) groups excluding carboxylic acids is 1. The smallest absolute Gasteiger partial charge is 0.253 e. The van der Waals surface area contributed by atoms with Crippen LogP contribution in [-0.2, 0) is 9.47 Å². The van der Waals surface area contributed by atoms with Crippen LogP contribution in [0.5, 0.6) is 5.75 Å². The Balaban J connectivity index is 2.25. The number of methoxy groups -OCH3 is 2. The second-order valence-corrected chi connectivity index (χ2v) is 4.52. The van der Waals surface area contributed by atoms with Crippen molar-refractivity contribution in [3.05, 3.63) is 23.8 Å². The van der Waals surface area contributed by atoms with E-state index in [1.165, 1.54) is 0 Å². The Bertz CT molecular complexity index is 438. The van der Waals surface area contributed by atoms with Crippen molar-refractivity contribution in [1.82, 2.24) is 5.32 Å². The Hall–Kier alpha value is -1.79. The number of ether oxygens (including phenoxy) is 3. The summed E-state index contributed by atoms with van der Waals surface area (Å²) >= 11 is 0. The maximum atomic E-state index is 12.0. The van der Waals surface area contributed by atoms with Crippen molar-refractivity contribution in [1.29, 1.82) is 0 Å². The number of nitrogens with two attached hydrogens (primary N) is 1. The van der Waals surface area contributed by atoms with E-state index in [1.807, 2.05) is 0 Å². The number of carbonyl (C=O) groups is 1. The number of benzene rings is 1. The molecule has 0 saturated heterocycles. The number of anilines is 1. The fourth-order valence-electron chi connectivity index (χ4n) is 1.73. The minimum absolute atomic E-state index is 0.188. The lowest BCUT2D eigenvalue weighted by atomic mass is 10.1. The first-order valence-electron chi connectivity index (χ1n) is 6.97. The third-order valence-corrected chi connectivity index (χ3v) is 2.94. The summed E-state index contributed by atoms with van der Waals surface area (Å²) in [5, 5.41) is 2.84. The molecule has 0 fully saturated rings. The van der Waals surface area contributed by atoms with Gasteiger partial charge in [-0.3, -0.25) is 4.79 Å². The zero-order valence-corrected chi connectivity index (χ0v) is 12.7. The molecule has 6 nitrogen and oxygen atoms in total. The van der Waals surface area contributed by atoms with Crippen LogP contribution in [0.1, 0.15) is 23.2 Å². The molecule has 21 heavy (non-hydrogen) atoms. The van der Waals surface area contributed by atoms with Gasteiger partial charge in [-0.25, -0.2) is 0 Å². The number of hydrogen-bond acceptors (Lipinski definition) is 5. The quantitative estimate of drug-likeness (QED) is 0.504. The van der Waals surface area contributed by atoms with Crippen molar-refractivity contribution in [3.63, 3.8) is 0 Å². The van der Waals surface area contributed by atoms with Gasteiger partial charge >= 0.3 is 0 Å². The Morgan fingerprint density at radius 1 is 1.19 bits per heavy atom. The SMILES string of the molecule is COCCOCCCCNC(=O)c1cc(OC)ccc1N. The highest BCUT2D eigenvalue weighted by Gasteiger charge is 2.10. The molecule has 0 aliphatic heterocycles. The normalized spacial score (nSPS) is 10.4. The predicted octanol–water partition coefficient (Wildman–Crippen LogP) is 1.45. The van der Waals surface area contributed by atoms with Gasteiger partial charge in [0, 0.05) is 25.9 Å². The lowest BCUT2D eigenvalue weighted by Crippen LogP contribution is -2.25. The second-order valence-electron chi connectivity index (χ2n) is 4.52. The molecule has 1 rings (SSSR count). The summed E-state index contributed by atoms with van der Waals surface area (Å²) in [6.07, 6.45) is 1.74. The molecule has 0 heterocycles. The molecule has 1 aromatic rings. The highest BCUT2D eigenvalue weighted by Crippen LogP contribution is 2.19. The highest BCUT2D eigenvalue weighted by molar-refractivity contribution is 5.99. The number of hydrogen-bond donors (Lipinski definition) is 2. The number of rotatable bonds is 10. The molecule has 0 atom stereocenters. The molecule has 3 N–H and O–H groups in total. The molecular formula is C15H24N2O4. The van der Waals surface area contributed by atoms with Gasteiger partial charge in [-0.1, -0.05) is 0 Å². The van der Waals surface area contributed by atoms with Gasteiger partial charge in [0.2, 0.25) is 0 Å². The first-order valence-corrected chi connectivity index (χ1v) is 6.97. The summed E-state index contributed by atoms with van der Waals surface area (Å²) in [5.74, 6) is 0.424. The van der Waals surface area contributed by atoms with Crippen LogP contribution in [0.25, 0.3) is 0 Å². The third kappa shape index (κ3) is 6.46. The first-order chi connectivity index (χ1) is 10.2. The van der Waals surface area contributed by atoms with Crippen LogP contribution in [0.2, 0.25) is 0 Å². The summed E-state index contributed by atoms with van der Waals surface area (Å²) in [6, 6.07) is 5.03. The van der Waals surface area contributed by atoms with Crippen molar-refractivity contribution in [2.75, 3.05) is 46.3 Å². The largest absolute Gasteiger partial charge is 0.497 e. The number of unbranched alkanes of at least 4 members (excludes halogenated alkanes) is 1. The zero-order chi connectivity index (χ0) is 15.5. The van der Waals surface area contributed by atoms with Crippen molar-refractivity contribution in [2.45, 2.75) is 12.8 Å². The molecule has 0 saturated carbocycles. The van der Waals surface area contributed by atoms with Crippen LogP contribution in [0, 0.1) is 0 Å². The van der Waals surface area contributed by atoms with E-state index in [4.69, 9.17) is 19.9 Å². The van der Waals surface area contributed by atoms with Crippen molar-refractivity contribution in [3.8, 4) is 5.75 Å². The van der Waals surface area contributed by atoms with Crippen LogP contribution < -0.4 is 15.8 Å². The van der Waals surface area contributed by atoms with Crippen LogP contribution in [-0.4, -0.2) is 46.5 Å². The van der Waals surface area contributed by atoms with Crippen LogP contribution in [0.4, 0.5) is 5.69 Å². The van der Waals surface area contributed by atoms with Gasteiger partial charge in [-0.15, -0.1) is 0 Å².